The van der Waals surface area contributed by atoms with Crippen LogP contribution in [0.5, 0.6) is 0 Å². The Hall–Kier alpha value is -0.0400. The third kappa shape index (κ3) is 2.00. The molecule has 1 heteroatoms. The van der Waals surface area contributed by atoms with Crippen molar-refractivity contribution in [3.8, 4) is 0 Å². The number of rotatable bonds is 1. The van der Waals surface area contributed by atoms with Crippen LogP contribution in [-0.4, -0.2) is 13.2 Å². The van der Waals surface area contributed by atoms with Crippen LogP contribution in [0, 0.1) is 40.4 Å². The van der Waals surface area contributed by atoms with Crippen molar-refractivity contribution >= 4 is 0 Å². The number of hydrogen-bond acceptors (Lipinski definition) is 1. The third-order valence-electron chi connectivity index (χ3n) is 9.43. The van der Waals surface area contributed by atoms with Crippen LogP contribution in [0.1, 0.15) is 78.6 Å². The SMILES string of the molecule is CO[C@@H]1CC[C@@]2(C)[C@@H](CC[C@@H]3[C@@H]2CC[C@]2(C)[C@H](C)CC[C@@H]32)C1. The first-order valence-corrected chi connectivity index (χ1v) is 10.0. The molecule has 0 bridgehead atoms. The predicted molar refractivity (Wildman–Crippen MR) is 91.7 cm³/mol. The molecule has 0 spiro atoms. The molecule has 0 unspecified atom stereocenters. The van der Waals surface area contributed by atoms with Gasteiger partial charge in [0.25, 0.3) is 0 Å². The summed E-state index contributed by atoms with van der Waals surface area (Å²) in [6, 6.07) is 0. The van der Waals surface area contributed by atoms with Gasteiger partial charge < -0.3 is 4.74 Å². The minimum Gasteiger partial charge on any atom is -0.381 e. The van der Waals surface area contributed by atoms with E-state index in [2.05, 4.69) is 20.8 Å². The highest BCUT2D eigenvalue weighted by Crippen LogP contribution is 2.67. The van der Waals surface area contributed by atoms with Gasteiger partial charge in [0.05, 0.1) is 6.10 Å². The molecular formula is C21H36O. The fraction of sp³-hybridized carbons (Fsp3) is 1.00. The molecule has 0 heterocycles. The molecule has 4 aliphatic rings. The maximum absolute atomic E-state index is 5.72. The Morgan fingerprint density at radius 3 is 2.32 bits per heavy atom. The van der Waals surface area contributed by atoms with E-state index in [1.807, 2.05) is 7.11 Å². The normalized spacial score (nSPS) is 57.8. The molecule has 0 aromatic rings. The summed E-state index contributed by atoms with van der Waals surface area (Å²) in [6.45, 7) is 7.85. The van der Waals surface area contributed by atoms with E-state index < -0.39 is 0 Å². The van der Waals surface area contributed by atoms with E-state index in [4.69, 9.17) is 4.74 Å². The van der Waals surface area contributed by atoms with E-state index in [0.717, 1.165) is 29.6 Å². The van der Waals surface area contributed by atoms with Crippen LogP contribution in [0.4, 0.5) is 0 Å². The fourth-order valence-electron chi connectivity index (χ4n) is 7.70. The molecule has 4 saturated carbocycles. The molecule has 8 atom stereocenters. The second-order valence-electron chi connectivity index (χ2n) is 9.81. The number of fused-ring (bicyclic) bond motifs is 5. The minimum absolute atomic E-state index is 0.551. The Labute approximate surface area is 137 Å². The summed E-state index contributed by atoms with van der Waals surface area (Å²) in [7, 11) is 1.92. The number of ether oxygens (including phenoxy) is 1. The van der Waals surface area contributed by atoms with E-state index >= 15 is 0 Å². The molecule has 4 rings (SSSR count). The van der Waals surface area contributed by atoms with Crippen molar-refractivity contribution in [3.63, 3.8) is 0 Å². The monoisotopic (exact) mass is 304 g/mol. The lowest BCUT2D eigenvalue weighted by Crippen LogP contribution is -2.53. The van der Waals surface area contributed by atoms with Crippen molar-refractivity contribution in [2.75, 3.05) is 7.11 Å². The van der Waals surface area contributed by atoms with Crippen LogP contribution in [0.3, 0.4) is 0 Å². The van der Waals surface area contributed by atoms with E-state index in [1.165, 1.54) is 57.8 Å². The van der Waals surface area contributed by atoms with Crippen molar-refractivity contribution in [1.29, 1.82) is 0 Å². The zero-order valence-corrected chi connectivity index (χ0v) is 15.2. The Morgan fingerprint density at radius 2 is 1.55 bits per heavy atom. The van der Waals surface area contributed by atoms with E-state index in [-0.39, 0.29) is 0 Å². The van der Waals surface area contributed by atoms with Gasteiger partial charge in [-0.25, -0.2) is 0 Å². The molecule has 4 aliphatic carbocycles. The summed E-state index contributed by atoms with van der Waals surface area (Å²) in [4.78, 5) is 0. The van der Waals surface area contributed by atoms with E-state index in [9.17, 15) is 0 Å². The number of hydrogen-bond donors (Lipinski definition) is 0. The molecule has 4 fully saturated rings. The lowest BCUT2D eigenvalue weighted by Gasteiger charge is -2.61. The highest BCUT2D eigenvalue weighted by atomic mass is 16.5. The van der Waals surface area contributed by atoms with Gasteiger partial charge in [0.1, 0.15) is 0 Å². The van der Waals surface area contributed by atoms with Crippen LogP contribution < -0.4 is 0 Å². The van der Waals surface area contributed by atoms with Gasteiger partial charge in [-0.1, -0.05) is 20.8 Å². The second-order valence-corrected chi connectivity index (χ2v) is 9.81. The number of methoxy groups -OCH3 is 1. The van der Waals surface area contributed by atoms with Gasteiger partial charge in [0.2, 0.25) is 0 Å². The van der Waals surface area contributed by atoms with Crippen molar-refractivity contribution in [3.05, 3.63) is 0 Å². The van der Waals surface area contributed by atoms with Crippen molar-refractivity contribution in [2.24, 2.45) is 40.4 Å². The molecule has 0 aliphatic heterocycles. The molecule has 126 valence electrons. The molecule has 0 amide bonds. The molecule has 0 radical (unpaired) electrons. The first-order valence-electron chi connectivity index (χ1n) is 10.0. The highest BCUT2D eigenvalue weighted by molar-refractivity contribution is 5.08. The van der Waals surface area contributed by atoms with Gasteiger partial charge in [-0.05, 0) is 98.2 Å². The maximum atomic E-state index is 5.72. The van der Waals surface area contributed by atoms with Crippen LogP contribution in [0.15, 0.2) is 0 Å². The first kappa shape index (κ1) is 15.5. The smallest absolute Gasteiger partial charge is 0.0574 e. The summed E-state index contributed by atoms with van der Waals surface area (Å²) in [5.41, 5.74) is 1.30. The largest absolute Gasteiger partial charge is 0.381 e. The van der Waals surface area contributed by atoms with E-state index in [1.54, 1.807) is 0 Å². The average molecular weight is 305 g/mol. The Kier molecular flexibility index (Phi) is 3.68. The third-order valence-corrected chi connectivity index (χ3v) is 9.43. The summed E-state index contributed by atoms with van der Waals surface area (Å²) in [6.07, 6.45) is 13.7. The van der Waals surface area contributed by atoms with Gasteiger partial charge in [-0.15, -0.1) is 0 Å². The molecule has 0 saturated heterocycles. The van der Waals surface area contributed by atoms with Crippen molar-refractivity contribution in [2.45, 2.75) is 84.7 Å². The lowest BCUT2D eigenvalue weighted by molar-refractivity contribution is -0.129. The molecule has 0 aromatic carbocycles. The second kappa shape index (κ2) is 5.23. The molecule has 22 heavy (non-hydrogen) atoms. The van der Waals surface area contributed by atoms with Crippen molar-refractivity contribution in [1.82, 2.24) is 0 Å². The summed E-state index contributed by atoms with van der Waals surface area (Å²) < 4.78 is 5.72. The summed E-state index contributed by atoms with van der Waals surface area (Å²) >= 11 is 0. The maximum Gasteiger partial charge on any atom is 0.0574 e. The topological polar surface area (TPSA) is 9.23 Å². The van der Waals surface area contributed by atoms with Crippen LogP contribution in [0.25, 0.3) is 0 Å². The van der Waals surface area contributed by atoms with Gasteiger partial charge in [-0.2, -0.15) is 0 Å². The minimum atomic E-state index is 0.551. The molecule has 1 nitrogen and oxygen atoms in total. The lowest BCUT2D eigenvalue weighted by atomic mass is 9.45. The summed E-state index contributed by atoms with van der Waals surface area (Å²) in [5, 5.41) is 0. The van der Waals surface area contributed by atoms with Gasteiger partial charge in [0.15, 0.2) is 0 Å². The van der Waals surface area contributed by atoms with Gasteiger partial charge in [0, 0.05) is 7.11 Å². The predicted octanol–water partition coefficient (Wildman–Crippen LogP) is 5.68. The molecule has 0 N–H and O–H groups in total. The quantitative estimate of drug-likeness (QED) is 0.605. The van der Waals surface area contributed by atoms with Gasteiger partial charge in [-0.3, -0.25) is 0 Å². The zero-order chi connectivity index (χ0) is 15.5. The molecular weight excluding hydrogens is 268 g/mol. The fourth-order valence-corrected chi connectivity index (χ4v) is 7.70. The zero-order valence-electron chi connectivity index (χ0n) is 15.2. The highest BCUT2D eigenvalue weighted by Gasteiger charge is 2.59. The Morgan fingerprint density at radius 1 is 0.818 bits per heavy atom. The van der Waals surface area contributed by atoms with Crippen LogP contribution in [-0.2, 0) is 4.74 Å². The van der Waals surface area contributed by atoms with Crippen LogP contribution >= 0.6 is 0 Å². The average Bonchev–Trinajstić information content (AvgIpc) is 2.82. The van der Waals surface area contributed by atoms with Gasteiger partial charge >= 0.3 is 0 Å². The van der Waals surface area contributed by atoms with Crippen LogP contribution in [0.2, 0.25) is 0 Å². The van der Waals surface area contributed by atoms with Crippen molar-refractivity contribution < 1.29 is 4.74 Å². The van der Waals surface area contributed by atoms with E-state index in [0.29, 0.717) is 16.9 Å². The Balaban J connectivity index is 1.59. The Bertz CT molecular complexity index is 432. The molecule has 0 aromatic heterocycles. The first-order chi connectivity index (χ1) is 10.5. The standard InChI is InChI=1S/C21H36O/c1-14-5-8-18-17-7-6-15-13-16(22-4)9-11-21(15,3)19(17)10-12-20(14,18)2/h14-19H,5-13H2,1-4H3/t14-,15+,16-,17+,18+,19+,20-,21+/m1/s1. The summed E-state index contributed by atoms with van der Waals surface area (Å²) in [5.74, 6) is 5.01.